The molecule has 4 aliphatic rings. The molecule has 126 valence electrons. The van der Waals surface area contributed by atoms with Crippen molar-refractivity contribution in [3.8, 4) is 0 Å². The van der Waals surface area contributed by atoms with Crippen LogP contribution in [-0.4, -0.2) is 11.9 Å². The van der Waals surface area contributed by atoms with E-state index in [2.05, 4.69) is 20.4 Å². The Bertz CT molecular complexity index is 562. The van der Waals surface area contributed by atoms with Gasteiger partial charge < -0.3 is 4.74 Å². The number of fused-ring (bicyclic) bond motifs is 5. The lowest BCUT2D eigenvalue weighted by atomic mass is 9.47. The SMILES string of the molecule is C=CO[C@H]1CC[C@H]2[C@@H]3CCC4=CC(=O)CC[C@]4(C)[C@H]3CC[C@]12C. The zero-order valence-corrected chi connectivity index (χ0v) is 14.6. The Morgan fingerprint density at radius 2 is 1.96 bits per heavy atom. The van der Waals surface area contributed by atoms with E-state index < -0.39 is 0 Å². The van der Waals surface area contributed by atoms with Gasteiger partial charge in [0, 0.05) is 11.8 Å². The van der Waals surface area contributed by atoms with Crippen molar-refractivity contribution in [3.63, 3.8) is 0 Å². The van der Waals surface area contributed by atoms with E-state index in [0.717, 1.165) is 37.0 Å². The second kappa shape index (κ2) is 5.22. The van der Waals surface area contributed by atoms with Crippen molar-refractivity contribution in [2.24, 2.45) is 28.6 Å². The molecule has 0 saturated heterocycles. The van der Waals surface area contributed by atoms with Gasteiger partial charge in [-0.1, -0.05) is 26.0 Å². The standard InChI is InChI=1S/C21H30O2/c1-4-23-19-8-7-17-16-6-5-14-13-15(22)9-11-20(14,2)18(16)10-12-21(17,19)3/h4,13,16-19H,1,5-12H2,2-3H3/t16-,17-,18-,19-,20-,21-/m0/s1. The first-order valence-electron chi connectivity index (χ1n) is 9.49. The van der Waals surface area contributed by atoms with Crippen LogP contribution in [-0.2, 0) is 9.53 Å². The van der Waals surface area contributed by atoms with Gasteiger partial charge in [-0.2, -0.15) is 0 Å². The summed E-state index contributed by atoms with van der Waals surface area (Å²) in [6, 6.07) is 0. The molecule has 0 bridgehead atoms. The molecule has 4 aliphatic carbocycles. The molecule has 0 N–H and O–H groups in total. The van der Waals surface area contributed by atoms with E-state index in [0.29, 0.717) is 17.3 Å². The summed E-state index contributed by atoms with van der Waals surface area (Å²) < 4.78 is 5.91. The first-order chi connectivity index (χ1) is 11.0. The number of ether oxygens (including phenoxy) is 1. The van der Waals surface area contributed by atoms with E-state index in [1.165, 1.54) is 37.7 Å². The number of rotatable bonds is 2. The lowest BCUT2D eigenvalue weighted by Crippen LogP contribution is -2.51. The van der Waals surface area contributed by atoms with Gasteiger partial charge in [-0.15, -0.1) is 0 Å². The summed E-state index contributed by atoms with van der Waals surface area (Å²) in [6.07, 6.45) is 13.4. The van der Waals surface area contributed by atoms with Gasteiger partial charge in [-0.3, -0.25) is 4.79 Å². The average Bonchev–Trinajstić information content (AvgIpc) is 2.85. The maximum Gasteiger partial charge on any atom is 0.155 e. The summed E-state index contributed by atoms with van der Waals surface area (Å²) in [5, 5.41) is 0. The quantitative estimate of drug-likeness (QED) is 0.667. The third-order valence-electron chi connectivity index (χ3n) is 8.14. The van der Waals surface area contributed by atoms with Crippen molar-refractivity contribution in [3.05, 3.63) is 24.5 Å². The highest BCUT2D eigenvalue weighted by Crippen LogP contribution is 2.65. The highest BCUT2D eigenvalue weighted by Gasteiger charge is 2.59. The summed E-state index contributed by atoms with van der Waals surface area (Å²) in [7, 11) is 0. The van der Waals surface area contributed by atoms with Crippen LogP contribution in [0.4, 0.5) is 0 Å². The van der Waals surface area contributed by atoms with Crippen molar-refractivity contribution in [2.75, 3.05) is 0 Å². The predicted molar refractivity (Wildman–Crippen MR) is 91.8 cm³/mol. The minimum atomic E-state index is 0.287. The third kappa shape index (κ3) is 2.09. The van der Waals surface area contributed by atoms with Gasteiger partial charge in [0.15, 0.2) is 5.78 Å². The highest BCUT2D eigenvalue weighted by molar-refractivity contribution is 5.91. The molecular weight excluding hydrogens is 284 g/mol. The second-order valence-electron chi connectivity index (χ2n) is 8.88. The fourth-order valence-electron chi connectivity index (χ4n) is 6.85. The molecule has 0 aromatic carbocycles. The topological polar surface area (TPSA) is 26.3 Å². The van der Waals surface area contributed by atoms with Gasteiger partial charge in [-0.05, 0) is 74.2 Å². The van der Waals surface area contributed by atoms with Gasteiger partial charge in [0.25, 0.3) is 0 Å². The Kier molecular flexibility index (Phi) is 3.52. The van der Waals surface area contributed by atoms with Crippen LogP contribution in [0.2, 0.25) is 0 Å². The molecule has 0 heterocycles. The molecule has 0 amide bonds. The van der Waals surface area contributed by atoms with E-state index in [9.17, 15) is 4.79 Å². The monoisotopic (exact) mass is 314 g/mol. The maximum atomic E-state index is 11.9. The molecule has 4 rings (SSSR count). The minimum absolute atomic E-state index is 0.287. The van der Waals surface area contributed by atoms with Gasteiger partial charge in [0.2, 0.25) is 0 Å². The molecule has 3 saturated carbocycles. The summed E-state index contributed by atoms with van der Waals surface area (Å²) in [5.74, 6) is 2.75. The van der Waals surface area contributed by atoms with E-state index in [1.807, 2.05) is 6.08 Å². The van der Waals surface area contributed by atoms with Crippen LogP contribution in [0.3, 0.4) is 0 Å². The van der Waals surface area contributed by atoms with Gasteiger partial charge in [0.05, 0.1) is 6.26 Å². The van der Waals surface area contributed by atoms with Crippen molar-refractivity contribution in [1.29, 1.82) is 0 Å². The van der Waals surface area contributed by atoms with Crippen molar-refractivity contribution in [2.45, 2.75) is 71.3 Å². The van der Waals surface area contributed by atoms with Crippen LogP contribution in [0.5, 0.6) is 0 Å². The molecule has 2 nitrogen and oxygen atoms in total. The van der Waals surface area contributed by atoms with Crippen molar-refractivity contribution < 1.29 is 9.53 Å². The van der Waals surface area contributed by atoms with Crippen LogP contribution in [0.15, 0.2) is 24.5 Å². The lowest BCUT2D eigenvalue weighted by Gasteiger charge is -2.57. The van der Waals surface area contributed by atoms with Crippen LogP contribution >= 0.6 is 0 Å². The van der Waals surface area contributed by atoms with Gasteiger partial charge in [-0.25, -0.2) is 0 Å². The number of carbonyl (C=O) groups excluding carboxylic acids is 1. The second-order valence-corrected chi connectivity index (χ2v) is 8.88. The molecular formula is C21H30O2. The molecule has 6 atom stereocenters. The summed E-state index contributed by atoms with van der Waals surface area (Å²) in [5.41, 5.74) is 2.09. The van der Waals surface area contributed by atoms with E-state index in [4.69, 9.17) is 4.74 Å². The minimum Gasteiger partial charge on any atom is -0.498 e. The molecule has 0 spiro atoms. The van der Waals surface area contributed by atoms with Crippen LogP contribution in [0, 0.1) is 28.6 Å². The van der Waals surface area contributed by atoms with Crippen LogP contribution in [0.1, 0.15) is 65.2 Å². The number of allylic oxidation sites excluding steroid dienone is 1. The molecule has 2 heteroatoms. The molecule has 23 heavy (non-hydrogen) atoms. The molecule has 0 aliphatic heterocycles. The molecule has 3 fully saturated rings. The van der Waals surface area contributed by atoms with E-state index >= 15 is 0 Å². The zero-order valence-electron chi connectivity index (χ0n) is 14.6. The summed E-state index contributed by atoms with van der Waals surface area (Å²) in [4.78, 5) is 11.9. The molecule has 0 aromatic rings. The first-order valence-corrected chi connectivity index (χ1v) is 9.49. The van der Waals surface area contributed by atoms with E-state index in [-0.39, 0.29) is 5.41 Å². The number of hydrogen-bond donors (Lipinski definition) is 0. The Balaban J connectivity index is 1.64. The fourth-order valence-corrected chi connectivity index (χ4v) is 6.85. The van der Waals surface area contributed by atoms with E-state index in [1.54, 1.807) is 6.26 Å². The average molecular weight is 314 g/mol. The Labute approximate surface area is 140 Å². The van der Waals surface area contributed by atoms with Gasteiger partial charge in [0.1, 0.15) is 6.10 Å². The number of ketones is 1. The van der Waals surface area contributed by atoms with Gasteiger partial charge >= 0.3 is 0 Å². The number of carbonyl (C=O) groups is 1. The normalized spacial score (nSPS) is 48.8. The molecule has 0 unspecified atom stereocenters. The Morgan fingerprint density at radius 3 is 2.74 bits per heavy atom. The summed E-state index contributed by atoms with van der Waals surface area (Å²) in [6.45, 7) is 8.71. The molecule has 0 radical (unpaired) electrons. The zero-order chi connectivity index (χ0) is 16.2. The van der Waals surface area contributed by atoms with Crippen LogP contribution in [0.25, 0.3) is 0 Å². The predicted octanol–water partition coefficient (Wildman–Crippen LogP) is 5.05. The largest absolute Gasteiger partial charge is 0.498 e. The number of hydrogen-bond acceptors (Lipinski definition) is 2. The Hall–Kier alpha value is -1.05. The maximum absolute atomic E-state index is 11.9. The highest BCUT2D eigenvalue weighted by atomic mass is 16.5. The van der Waals surface area contributed by atoms with Crippen molar-refractivity contribution in [1.82, 2.24) is 0 Å². The summed E-state index contributed by atoms with van der Waals surface area (Å²) >= 11 is 0. The third-order valence-corrected chi connectivity index (χ3v) is 8.14. The fraction of sp³-hybridized carbons (Fsp3) is 0.762. The lowest BCUT2D eigenvalue weighted by molar-refractivity contribution is -0.118. The smallest absolute Gasteiger partial charge is 0.155 e. The molecule has 0 aromatic heterocycles. The van der Waals surface area contributed by atoms with Crippen molar-refractivity contribution >= 4 is 5.78 Å². The van der Waals surface area contributed by atoms with Crippen LogP contribution < -0.4 is 0 Å². The Morgan fingerprint density at radius 1 is 1.13 bits per heavy atom. The first kappa shape index (κ1) is 15.5.